The van der Waals surface area contributed by atoms with Crippen LogP contribution in [0.25, 0.3) is 16.5 Å². The van der Waals surface area contributed by atoms with Gasteiger partial charge in [0.25, 0.3) is 0 Å². The minimum atomic E-state index is -0.921. The minimum Gasteiger partial charge on any atom is -0.478 e. The van der Waals surface area contributed by atoms with Gasteiger partial charge in [-0.25, -0.2) is 4.79 Å². The number of halogens is 1. The summed E-state index contributed by atoms with van der Waals surface area (Å²) in [5.74, 6) is -0.921. The molecule has 1 aromatic heterocycles. The van der Waals surface area contributed by atoms with Gasteiger partial charge in [0.2, 0.25) is 0 Å². The fourth-order valence-corrected chi connectivity index (χ4v) is 3.11. The first-order valence-electron chi connectivity index (χ1n) is 5.34. The van der Waals surface area contributed by atoms with Crippen LogP contribution in [-0.2, 0) is 4.79 Å². The van der Waals surface area contributed by atoms with Crippen molar-refractivity contribution in [1.82, 2.24) is 0 Å². The monoisotopic (exact) mass is 370 g/mol. The van der Waals surface area contributed by atoms with Gasteiger partial charge in [0.1, 0.15) is 0 Å². The van der Waals surface area contributed by atoms with Crippen molar-refractivity contribution >= 4 is 46.0 Å². The SMILES string of the molecule is Cc1c(I)cccc1-c1ccc(/C=C/C(=O)O)s1. The Bertz CT molecular complexity index is 614. The molecule has 0 aliphatic heterocycles. The number of hydrogen-bond acceptors (Lipinski definition) is 2. The molecule has 1 N–H and O–H groups in total. The quantitative estimate of drug-likeness (QED) is 0.641. The second-order valence-electron chi connectivity index (χ2n) is 3.79. The molecule has 2 aromatic rings. The molecule has 0 unspecified atom stereocenters. The Kier molecular flexibility index (Phi) is 4.19. The molecule has 0 aliphatic carbocycles. The van der Waals surface area contributed by atoms with Crippen molar-refractivity contribution in [3.63, 3.8) is 0 Å². The fourth-order valence-electron chi connectivity index (χ4n) is 1.61. The molecule has 0 aliphatic rings. The van der Waals surface area contributed by atoms with Crippen molar-refractivity contribution in [2.45, 2.75) is 6.92 Å². The summed E-state index contributed by atoms with van der Waals surface area (Å²) in [6, 6.07) is 10.2. The van der Waals surface area contributed by atoms with E-state index in [9.17, 15) is 4.79 Å². The zero-order chi connectivity index (χ0) is 13.1. The van der Waals surface area contributed by atoms with Crippen LogP contribution in [0.1, 0.15) is 10.4 Å². The lowest BCUT2D eigenvalue weighted by atomic mass is 10.1. The smallest absolute Gasteiger partial charge is 0.328 e. The van der Waals surface area contributed by atoms with E-state index in [1.165, 1.54) is 14.7 Å². The molecule has 4 heteroatoms. The van der Waals surface area contributed by atoms with Crippen LogP contribution in [0.2, 0.25) is 0 Å². The fraction of sp³-hybridized carbons (Fsp3) is 0.0714. The highest BCUT2D eigenvalue weighted by Crippen LogP contribution is 2.32. The average molecular weight is 370 g/mol. The normalized spacial score (nSPS) is 11.0. The van der Waals surface area contributed by atoms with E-state index in [1.807, 2.05) is 18.2 Å². The van der Waals surface area contributed by atoms with Gasteiger partial charge < -0.3 is 5.11 Å². The topological polar surface area (TPSA) is 37.3 Å². The van der Waals surface area contributed by atoms with E-state index in [1.54, 1.807) is 17.4 Å². The van der Waals surface area contributed by atoms with Gasteiger partial charge in [0, 0.05) is 19.4 Å². The van der Waals surface area contributed by atoms with Crippen molar-refractivity contribution in [2.24, 2.45) is 0 Å². The van der Waals surface area contributed by atoms with Crippen molar-refractivity contribution < 1.29 is 9.90 Å². The number of carbonyl (C=O) groups is 1. The molecule has 0 fully saturated rings. The van der Waals surface area contributed by atoms with Gasteiger partial charge in [-0.1, -0.05) is 12.1 Å². The molecule has 0 atom stereocenters. The molecule has 0 radical (unpaired) electrons. The summed E-state index contributed by atoms with van der Waals surface area (Å²) in [7, 11) is 0. The van der Waals surface area contributed by atoms with E-state index in [-0.39, 0.29) is 0 Å². The molecular weight excluding hydrogens is 359 g/mol. The summed E-state index contributed by atoms with van der Waals surface area (Å²) in [6.07, 6.45) is 2.79. The largest absolute Gasteiger partial charge is 0.478 e. The van der Waals surface area contributed by atoms with E-state index < -0.39 is 5.97 Å². The first-order valence-corrected chi connectivity index (χ1v) is 7.24. The number of aliphatic carboxylic acids is 1. The number of thiophene rings is 1. The number of carboxylic acids is 1. The third-order valence-corrected chi connectivity index (χ3v) is 4.80. The average Bonchev–Trinajstić information content (AvgIpc) is 2.78. The highest BCUT2D eigenvalue weighted by atomic mass is 127. The standard InChI is InChI=1S/C14H11IO2S/c1-9-11(3-2-4-12(9)15)13-7-5-10(18-13)6-8-14(16)17/h2-8H,1H3,(H,16,17)/b8-6+. The van der Waals surface area contributed by atoms with Crippen molar-refractivity contribution in [3.05, 3.63) is 50.4 Å². The zero-order valence-corrected chi connectivity index (χ0v) is 12.7. The van der Waals surface area contributed by atoms with Crippen molar-refractivity contribution in [3.8, 4) is 10.4 Å². The molecule has 2 nitrogen and oxygen atoms in total. The van der Waals surface area contributed by atoms with Crippen LogP contribution in [0.4, 0.5) is 0 Å². The Morgan fingerprint density at radius 3 is 2.83 bits per heavy atom. The van der Waals surface area contributed by atoms with Crippen LogP contribution >= 0.6 is 33.9 Å². The molecule has 1 aromatic carbocycles. The Hall–Kier alpha value is -1.14. The van der Waals surface area contributed by atoms with Crippen molar-refractivity contribution in [2.75, 3.05) is 0 Å². The molecule has 0 saturated heterocycles. The summed E-state index contributed by atoms with van der Waals surface area (Å²) >= 11 is 3.92. The van der Waals surface area contributed by atoms with E-state index in [4.69, 9.17) is 5.11 Å². The highest BCUT2D eigenvalue weighted by molar-refractivity contribution is 14.1. The molecule has 0 amide bonds. The van der Waals surface area contributed by atoms with E-state index >= 15 is 0 Å². The predicted octanol–water partition coefficient (Wildman–Crippen LogP) is 4.43. The van der Waals surface area contributed by atoms with Gasteiger partial charge >= 0.3 is 5.97 Å². The maximum atomic E-state index is 10.5. The Labute approximate surface area is 123 Å². The summed E-state index contributed by atoms with van der Waals surface area (Å²) in [4.78, 5) is 12.6. The first kappa shape index (κ1) is 13.3. The van der Waals surface area contributed by atoms with Crippen LogP contribution in [0.3, 0.4) is 0 Å². The Balaban J connectivity index is 2.35. The summed E-state index contributed by atoms with van der Waals surface area (Å²) in [5.41, 5.74) is 2.47. The van der Waals surface area contributed by atoms with Crippen LogP contribution in [0, 0.1) is 10.5 Å². The molecule has 2 rings (SSSR count). The van der Waals surface area contributed by atoms with Crippen LogP contribution in [0.5, 0.6) is 0 Å². The number of benzene rings is 1. The third kappa shape index (κ3) is 3.00. The van der Waals surface area contributed by atoms with E-state index in [0.717, 1.165) is 15.8 Å². The molecule has 92 valence electrons. The molecule has 0 spiro atoms. The number of rotatable bonds is 3. The zero-order valence-electron chi connectivity index (χ0n) is 9.68. The molecule has 0 bridgehead atoms. The van der Waals surface area contributed by atoms with Gasteiger partial charge in [0.05, 0.1) is 0 Å². The number of carboxylic acid groups (broad SMARTS) is 1. The van der Waals surface area contributed by atoms with Gasteiger partial charge in [-0.15, -0.1) is 11.3 Å². The summed E-state index contributed by atoms with van der Waals surface area (Å²) < 4.78 is 1.24. The predicted molar refractivity (Wildman–Crippen MR) is 83.9 cm³/mol. The Morgan fingerprint density at radius 1 is 1.33 bits per heavy atom. The van der Waals surface area contributed by atoms with Gasteiger partial charge in [-0.05, 0) is 64.9 Å². The lowest BCUT2D eigenvalue weighted by Crippen LogP contribution is -1.84. The summed E-state index contributed by atoms with van der Waals surface area (Å²) in [6.45, 7) is 2.10. The third-order valence-electron chi connectivity index (χ3n) is 2.55. The van der Waals surface area contributed by atoms with Crippen LogP contribution < -0.4 is 0 Å². The van der Waals surface area contributed by atoms with Gasteiger partial charge in [0.15, 0.2) is 0 Å². The number of hydrogen-bond donors (Lipinski definition) is 1. The molecular formula is C14H11IO2S. The molecule has 0 saturated carbocycles. The maximum absolute atomic E-state index is 10.5. The van der Waals surface area contributed by atoms with Crippen LogP contribution in [0.15, 0.2) is 36.4 Å². The molecule has 18 heavy (non-hydrogen) atoms. The lowest BCUT2D eigenvalue weighted by Gasteiger charge is -2.04. The summed E-state index contributed by atoms with van der Waals surface area (Å²) in [5, 5.41) is 8.60. The first-order chi connectivity index (χ1) is 8.58. The van der Waals surface area contributed by atoms with E-state index in [2.05, 4.69) is 41.6 Å². The highest BCUT2D eigenvalue weighted by Gasteiger charge is 2.06. The second-order valence-corrected chi connectivity index (χ2v) is 6.06. The van der Waals surface area contributed by atoms with Crippen molar-refractivity contribution in [1.29, 1.82) is 0 Å². The molecule has 1 heterocycles. The van der Waals surface area contributed by atoms with Gasteiger partial charge in [-0.3, -0.25) is 0 Å². The maximum Gasteiger partial charge on any atom is 0.328 e. The van der Waals surface area contributed by atoms with Gasteiger partial charge in [-0.2, -0.15) is 0 Å². The second kappa shape index (κ2) is 5.67. The van der Waals surface area contributed by atoms with Crippen LogP contribution in [-0.4, -0.2) is 11.1 Å². The van der Waals surface area contributed by atoms with E-state index in [0.29, 0.717) is 0 Å². The Morgan fingerprint density at radius 2 is 2.11 bits per heavy atom. The lowest BCUT2D eigenvalue weighted by molar-refractivity contribution is -0.131. The minimum absolute atomic E-state index is 0.921.